The highest BCUT2D eigenvalue weighted by atomic mass is 16.5. The summed E-state index contributed by atoms with van der Waals surface area (Å²) in [7, 11) is 1.57. The number of ether oxygens (including phenoxy) is 3. The van der Waals surface area contributed by atoms with Gasteiger partial charge in [-0.25, -0.2) is 0 Å². The van der Waals surface area contributed by atoms with Gasteiger partial charge < -0.3 is 29.1 Å². The Morgan fingerprint density at radius 1 is 0.927 bits per heavy atom. The molecule has 8 heteroatoms. The van der Waals surface area contributed by atoms with Crippen molar-refractivity contribution in [3.8, 4) is 17.2 Å². The SMILES string of the molecule is CCCCOc1ccc(C(O)=C2C(=O)C(=O)N(CCN(CC)CC)C2c2ccc(OCCCC)c(OC)c2)c(C)c1. The summed E-state index contributed by atoms with van der Waals surface area (Å²) < 4.78 is 17.4. The third kappa shape index (κ3) is 7.61. The van der Waals surface area contributed by atoms with E-state index >= 15 is 0 Å². The van der Waals surface area contributed by atoms with Gasteiger partial charge in [-0.05, 0) is 74.3 Å². The van der Waals surface area contributed by atoms with Gasteiger partial charge in [0.25, 0.3) is 11.7 Å². The Labute approximate surface area is 244 Å². The van der Waals surface area contributed by atoms with Crippen LogP contribution in [-0.2, 0) is 9.59 Å². The van der Waals surface area contributed by atoms with Gasteiger partial charge in [0.1, 0.15) is 11.5 Å². The standard InChI is InChI=1S/C33H46N2O6/c1-7-11-19-40-25-14-15-26(23(5)21-25)31(36)29-30(35(33(38)32(29)37)18-17-34(9-3)10-4)24-13-16-27(28(22-24)39-6)41-20-12-8-2/h13-16,21-22,30,36H,7-12,17-20H2,1-6H3. The number of likely N-dealkylation sites (tertiary alicyclic amines) is 1. The number of unbranched alkanes of at least 4 members (excludes halogenated alkanes) is 2. The van der Waals surface area contributed by atoms with Crippen LogP contribution in [0.5, 0.6) is 17.2 Å². The monoisotopic (exact) mass is 566 g/mol. The van der Waals surface area contributed by atoms with E-state index in [2.05, 4.69) is 32.6 Å². The number of Topliss-reactive ketones (excluding diaryl/α,β-unsaturated/α-hetero) is 1. The number of ketones is 1. The van der Waals surface area contributed by atoms with E-state index in [9.17, 15) is 14.7 Å². The fourth-order valence-electron chi connectivity index (χ4n) is 5.02. The van der Waals surface area contributed by atoms with Crippen LogP contribution in [-0.4, -0.2) is 73.1 Å². The van der Waals surface area contributed by atoms with Gasteiger partial charge in [-0.1, -0.05) is 46.6 Å². The molecule has 1 unspecified atom stereocenters. The largest absolute Gasteiger partial charge is 0.507 e. The Balaban J connectivity index is 2.09. The molecule has 2 aromatic carbocycles. The maximum atomic E-state index is 13.5. The van der Waals surface area contributed by atoms with Crippen LogP contribution >= 0.6 is 0 Å². The number of hydrogen-bond donors (Lipinski definition) is 1. The van der Waals surface area contributed by atoms with Crippen molar-refractivity contribution < 1.29 is 28.9 Å². The minimum atomic E-state index is -0.774. The summed E-state index contributed by atoms with van der Waals surface area (Å²) in [6, 6.07) is 10.1. The molecular formula is C33H46N2O6. The number of methoxy groups -OCH3 is 1. The number of benzene rings is 2. The van der Waals surface area contributed by atoms with Crippen LogP contribution in [0, 0.1) is 6.92 Å². The van der Waals surface area contributed by atoms with Crippen molar-refractivity contribution in [1.29, 1.82) is 0 Å². The number of aliphatic hydroxyl groups is 1. The summed E-state index contributed by atoms with van der Waals surface area (Å²) in [5.74, 6) is 0.294. The third-order valence-corrected chi connectivity index (χ3v) is 7.57. The van der Waals surface area contributed by atoms with Crippen LogP contribution in [0.2, 0.25) is 0 Å². The lowest BCUT2D eigenvalue weighted by atomic mass is 9.93. The number of carbonyl (C=O) groups excluding carboxylic acids is 2. The Morgan fingerprint density at radius 2 is 1.61 bits per heavy atom. The minimum absolute atomic E-state index is 0.0685. The van der Waals surface area contributed by atoms with E-state index in [1.54, 1.807) is 30.2 Å². The molecule has 0 spiro atoms. The molecule has 224 valence electrons. The zero-order chi connectivity index (χ0) is 29.9. The van der Waals surface area contributed by atoms with Crippen LogP contribution in [0.1, 0.15) is 76.1 Å². The number of likely N-dealkylation sites (N-methyl/N-ethyl adjacent to an activating group) is 1. The second-order valence-electron chi connectivity index (χ2n) is 10.3. The smallest absolute Gasteiger partial charge is 0.295 e. The van der Waals surface area contributed by atoms with Crippen molar-refractivity contribution >= 4 is 17.4 Å². The molecule has 1 aliphatic rings. The van der Waals surface area contributed by atoms with Gasteiger partial charge in [-0.2, -0.15) is 0 Å². The third-order valence-electron chi connectivity index (χ3n) is 7.57. The minimum Gasteiger partial charge on any atom is -0.507 e. The molecule has 0 bridgehead atoms. The van der Waals surface area contributed by atoms with Gasteiger partial charge in [-0.3, -0.25) is 9.59 Å². The number of nitrogens with zero attached hydrogens (tertiary/aromatic N) is 2. The van der Waals surface area contributed by atoms with Crippen molar-refractivity contribution in [2.24, 2.45) is 0 Å². The second kappa shape index (κ2) is 15.5. The summed E-state index contributed by atoms with van der Waals surface area (Å²) in [5, 5.41) is 11.6. The van der Waals surface area contributed by atoms with E-state index in [1.807, 2.05) is 25.1 Å². The number of hydrogen-bond acceptors (Lipinski definition) is 7. The van der Waals surface area contributed by atoms with Crippen molar-refractivity contribution in [2.75, 3.05) is 46.5 Å². The molecule has 41 heavy (non-hydrogen) atoms. The molecule has 1 atom stereocenters. The second-order valence-corrected chi connectivity index (χ2v) is 10.3. The van der Waals surface area contributed by atoms with Crippen molar-refractivity contribution in [3.63, 3.8) is 0 Å². The number of aliphatic hydroxyl groups excluding tert-OH is 1. The van der Waals surface area contributed by atoms with Gasteiger partial charge in [0.2, 0.25) is 0 Å². The molecule has 8 nitrogen and oxygen atoms in total. The molecule has 0 aliphatic carbocycles. The van der Waals surface area contributed by atoms with Gasteiger partial charge in [0.05, 0.1) is 31.9 Å². The molecule has 3 rings (SSSR count). The van der Waals surface area contributed by atoms with Crippen LogP contribution < -0.4 is 14.2 Å². The van der Waals surface area contributed by atoms with E-state index in [0.717, 1.165) is 44.3 Å². The summed E-state index contributed by atoms with van der Waals surface area (Å²) >= 11 is 0. The van der Waals surface area contributed by atoms with Gasteiger partial charge in [0, 0.05) is 18.7 Å². The van der Waals surface area contributed by atoms with Crippen LogP contribution in [0.4, 0.5) is 0 Å². The lowest BCUT2D eigenvalue weighted by Gasteiger charge is -2.28. The normalized spacial score (nSPS) is 16.5. The zero-order valence-corrected chi connectivity index (χ0v) is 25.5. The summed E-state index contributed by atoms with van der Waals surface area (Å²) in [4.78, 5) is 30.7. The number of carbonyl (C=O) groups is 2. The van der Waals surface area contributed by atoms with Gasteiger partial charge in [-0.15, -0.1) is 0 Å². The van der Waals surface area contributed by atoms with E-state index in [0.29, 0.717) is 54.7 Å². The predicted octanol–water partition coefficient (Wildman–Crippen LogP) is 6.12. The molecule has 0 saturated carbocycles. The Kier molecular flexibility index (Phi) is 12.1. The quantitative estimate of drug-likeness (QED) is 0.113. The maximum Gasteiger partial charge on any atom is 0.295 e. The summed E-state index contributed by atoms with van der Waals surface area (Å²) in [6.07, 6.45) is 3.90. The molecule has 1 aliphatic heterocycles. The lowest BCUT2D eigenvalue weighted by molar-refractivity contribution is -0.140. The molecule has 1 N–H and O–H groups in total. The summed E-state index contributed by atoms with van der Waals surface area (Å²) in [5.41, 5.74) is 1.98. The number of rotatable bonds is 16. The molecule has 0 radical (unpaired) electrons. The summed E-state index contributed by atoms with van der Waals surface area (Å²) in [6.45, 7) is 14.0. The molecule has 1 saturated heterocycles. The highest BCUT2D eigenvalue weighted by Gasteiger charge is 2.46. The van der Waals surface area contributed by atoms with Crippen molar-refractivity contribution in [1.82, 2.24) is 9.80 Å². The average molecular weight is 567 g/mol. The topological polar surface area (TPSA) is 88.5 Å². The van der Waals surface area contributed by atoms with Crippen LogP contribution in [0.25, 0.3) is 5.76 Å². The highest BCUT2D eigenvalue weighted by molar-refractivity contribution is 6.46. The first-order valence-corrected chi connectivity index (χ1v) is 14.9. The highest BCUT2D eigenvalue weighted by Crippen LogP contribution is 2.42. The zero-order valence-electron chi connectivity index (χ0n) is 25.5. The van der Waals surface area contributed by atoms with Gasteiger partial charge in [0.15, 0.2) is 11.5 Å². The first kappa shape index (κ1) is 32.0. The Morgan fingerprint density at radius 3 is 2.22 bits per heavy atom. The average Bonchev–Trinajstić information content (AvgIpc) is 3.23. The predicted molar refractivity (Wildman–Crippen MR) is 162 cm³/mol. The van der Waals surface area contributed by atoms with Crippen molar-refractivity contribution in [2.45, 2.75) is 66.3 Å². The first-order chi connectivity index (χ1) is 19.8. The Hall–Kier alpha value is -3.52. The van der Waals surface area contributed by atoms with Crippen LogP contribution in [0.3, 0.4) is 0 Å². The first-order valence-electron chi connectivity index (χ1n) is 14.9. The fraction of sp³-hybridized carbons (Fsp3) is 0.515. The van der Waals surface area contributed by atoms with Crippen molar-refractivity contribution in [3.05, 3.63) is 58.7 Å². The molecule has 2 aromatic rings. The fourth-order valence-corrected chi connectivity index (χ4v) is 5.02. The number of amides is 1. The van der Waals surface area contributed by atoms with E-state index in [4.69, 9.17) is 14.2 Å². The lowest BCUT2D eigenvalue weighted by Crippen LogP contribution is -2.38. The van der Waals surface area contributed by atoms with Crippen LogP contribution in [0.15, 0.2) is 42.0 Å². The number of aryl methyl sites for hydroxylation is 1. The van der Waals surface area contributed by atoms with E-state index in [-0.39, 0.29) is 11.3 Å². The molecular weight excluding hydrogens is 520 g/mol. The van der Waals surface area contributed by atoms with E-state index < -0.39 is 17.7 Å². The molecule has 0 aromatic heterocycles. The molecule has 1 amide bonds. The van der Waals surface area contributed by atoms with E-state index in [1.165, 1.54) is 0 Å². The maximum absolute atomic E-state index is 13.5. The Bertz CT molecular complexity index is 1220. The molecule has 1 fully saturated rings. The molecule has 1 heterocycles. The van der Waals surface area contributed by atoms with Gasteiger partial charge >= 0.3 is 0 Å².